The number of carbonyl (C=O) groups is 2. The summed E-state index contributed by atoms with van der Waals surface area (Å²) >= 11 is 0. The van der Waals surface area contributed by atoms with Crippen LogP contribution in [0.5, 0.6) is 0 Å². The molecule has 19 heavy (non-hydrogen) atoms. The Morgan fingerprint density at radius 2 is 2.00 bits per heavy atom. The summed E-state index contributed by atoms with van der Waals surface area (Å²) in [5, 5.41) is 15.5. The molecule has 2 rings (SSSR count). The Morgan fingerprint density at radius 1 is 1.32 bits per heavy atom. The quantitative estimate of drug-likeness (QED) is 0.857. The molecule has 6 nitrogen and oxygen atoms in total. The van der Waals surface area contributed by atoms with Crippen LogP contribution >= 0.6 is 0 Å². The molecular formula is C13H13N3O3. The van der Waals surface area contributed by atoms with Crippen molar-refractivity contribution >= 4 is 11.9 Å². The molecule has 0 unspecified atom stereocenters. The highest BCUT2D eigenvalue weighted by molar-refractivity contribution is 5.96. The first-order valence-electron chi connectivity index (χ1n) is 5.65. The first kappa shape index (κ1) is 12.8. The normalized spacial score (nSPS) is 11.8. The van der Waals surface area contributed by atoms with Gasteiger partial charge < -0.3 is 10.4 Å². The summed E-state index contributed by atoms with van der Waals surface area (Å²) in [5.41, 5.74) is 0.844. The number of nitrogens with zero attached hydrogens (tertiary/aromatic N) is 2. The van der Waals surface area contributed by atoms with Gasteiger partial charge in [0, 0.05) is 13.2 Å². The van der Waals surface area contributed by atoms with E-state index < -0.39 is 17.9 Å². The second-order valence-electron chi connectivity index (χ2n) is 4.06. The van der Waals surface area contributed by atoms with Gasteiger partial charge in [-0.2, -0.15) is 5.10 Å². The summed E-state index contributed by atoms with van der Waals surface area (Å²) in [6.07, 6.45) is 2.92. The van der Waals surface area contributed by atoms with Crippen LogP contribution in [0.15, 0.2) is 42.7 Å². The van der Waals surface area contributed by atoms with Gasteiger partial charge in [-0.25, -0.2) is 4.79 Å². The molecule has 1 atom stereocenters. The number of carboxylic acids is 1. The van der Waals surface area contributed by atoms with E-state index in [1.807, 2.05) is 0 Å². The highest BCUT2D eigenvalue weighted by Crippen LogP contribution is 2.13. The lowest BCUT2D eigenvalue weighted by Gasteiger charge is -2.14. The molecular weight excluding hydrogens is 246 g/mol. The molecule has 0 radical (unpaired) electrons. The zero-order chi connectivity index (χ0) is 13.8. The van der Waals surface area contributed by atoms with Crippen molar-refractivity contribution in [1.82, 2.24) is 15.1 Å². The summed E-state index contributed by atoms with van der Waals surface area (Å²) in [6.45, 7) is 0. The van der Waals surface area contributed by atoms with Gasteiger partial charge in [-0.3, -0.25) is 9.48 Å². The number of carbonyl (C=O) groups excluding carboxylic acids is 1. The maximum atomic E-state index is 11.9. The van der Waals surface area contributed by atoms with E-state index in [2.05, 4.69) is 10.4 Å². The summed E-state index contributed by atoms with van der Waals surface area (Å²) in [6, 6.07) is 7.47. The van der Waals surface area contributed by atoms with E-state index in [4.69, 9.17) is 0 Å². The van der Waals surface area contributed by atoms with E-state index in [-0.39, 0.29) is 0 Å². The molecule has 1 amide bonds. The lowest BCUT2D eigenvalue weighted by Crippen LogP contribution is -2.33. The monoisotopic (exact) mass is 259 g/mol. The fourth-order valence-electron chi connectivity index (χ4n) is 1.69. The Balaban J connectivity index is 2.18. The van der Waals surface area contributed by atoms with Crippen LogP contribution in [0.3, 0.4) is 0 Å². The molecule has 0 aliphatic carbocycles. The molecule has 0 bridgehead atoms. The molecule has 1 aromatic carbocycles. The van der Waals surface area contributed by atoms with Gasteiger partial charge in [0.1, 0.15) is 0 Å². The molecule has 0 aliphatic heterocycles. The molecule has 1 heterocycles. The Kier molecular flexibility index (Phi) is 3.61. The number of aryl methyl sites for hydroxylation is 1. The van der Waals surface area contributed by atoms with Crippen LogP contribution in [0.1, 0.15) is 22.0 Å². The van der Waals surface area contributed by atoms with Gasteiger partial charge in [-0.15, -0.1) is 0 Å². The Bertz CT molecular complexity index is 592. The summed E-state index contributed by atoms with van der Waals surface area (Å²) in [5.74, 6) is -1.58. The van der Waals surface area contributed by atoms with E-state index in [1.165, 1.54) is 17.1 Å². The van der Waals surface area contributed by atoms with Gasteiger partial charge in [0.25, 0.3) is 5.91 Å². The molecule has 0 aliphatic rings. The highest BCUT2D eigenvalue weighted by Gasteiger charge is 2.22. The largest absolute Gasteiger partial charge is 0.479 e. The minimum Gasteiger partial charge on any atom is -0.479 e. The number of aromatic nitrogens is 2. The van der Waals surface area contributed by atoms with Gasteiger partial charge in [-0.1, -0.05) is 30.3 Å². The van der Waals surface area contributed by atoms with Crippen LogP contribution in [0.25, 0.3) is 0 Å². The van der Waals surface area contributed by atoms with Crippen molar-refractivity contribution in [2.45, 2.75) is 6.04 Å². The number of hydrogen-bond acceptors (Lipinski definition) is 3. The molecule has 6 heteroatoms. The second kappa shape index (κ2) is 5.34. The third kappa shape index (κ3) is 2.98. The van der Waals surface area contributed by atoms with Crippen molar-refractivity contribution in [2.24, 2.45) is 7.05 Å². The van der Waals surface area contributed by atoms with E-state index >= 15 is 0 Å². The SMILES string of the molecule is Cn1cc(C(=O)N[C@@H](C(=O)O)c2ccccc2)cn1. The minimum atomic E-state index is -1.11. The van der Waals surface area contributed by atoms with Crippen molar-refractivity contribution in [2.75, 3.05) is 0 Å². The first-order valence-corrected chi connectivity index (χ1v) is 5.65. The number of carboxylic acid groups (broad SMARTS) is 1. The Hall–Kier alpha value is -2.63. The van der Waals surface area contributed by atoms with Gasteiger partial charge in [0.15, 0.2) is 6.04 Å². The Labute approximate surface area is 109 Å². The standard InChI is InChI=1S/C13H13N3O3/c1-16-8-10(7-14-16)12(17)15-11(13(18)19)9-5-3-2-4-6-9/h2-8,11H,1H3,(H,15,17)(H,18,19)/t11-/m1/s1. The van der Waals surface area contributed by atoms with Crippen molar-refractivity contribution < 1.29 is 14.7 Å². The maximum absolute atomic E-state index is 11.9. The van der Waals surface area contributed by atoms with Crippen molar-refractivity contribution in [3.05, 3.63) is 53.9 Å². The van der Waals surface area contributed by atoms with Crippen molar-refractivity contribution in [1.29, 1.82) is 0 Å². The van der Waals surface area contributed by atoms with E-state index in [1.54, 1.807) is 37.4 Å². The number of benzene rings is 1. The lowest BCUT2D eigenvalue weighted by atomic mass is 10.1. The highest BCUT2D eigenvalue weighted by atomic mass is 16.4. The summed E-state index contributed by atoms with van der Waals surface area (Å²) in [4.78, 5) is 23.2. The third-order valence-corrected chi connectivity index (χ3v) is 2.62. The molecule has 2 aromatic rings. The Morgan fingerprint density at radius 3 is 2.53 bits per heavy atom. The summed E-state index contributed by atoms with van der Waals surface area (Å²) < 4.78 is 1.48. The first-order chi connectivity index (χ1) is 9.08. The summed E-state index contributed by atoms with van der Waals surface area (Å²) in [7, 11) is 1.68. The topological polar surface area (TPSA) is 84.2 Å². The molecule has 0 fully saturated rings. The lowest BCUT2D eigenvalue weighted by molar-refractivity contribution is -0.139. The molecule has 98 valence electrons. The number of aliphatic carboxylic acids is 1. The number of hydrogen-bond donors (Lipinski definition) is 2. The zero-order valence-electron chi connectivity index (χ0n) is 10.3. The number of amides is 1. The maximum Gasteiger partial charge on any atom is 0.330 e. The molecule has 2 N–H and O–H groups in total. The van der Waals surface area contributed by atoms with Gasteiger partial charge in [0.05, 0.1) is 11.8 Å². The predicted molar refractivity (Wildman–Crippen MR) is 67.5 cm³/mol. The fourth-order valence-corrected chi connectivity index (χ4v) is 1.69. The van der Waals surface area contributed by atoms with E-state index in [0.717, 1.165) is 0 Å². The van der Waals surface area contributed by atoms with Crippen LogP contribution in [0.4, 0.5) is 0 Å². The number of rotatable bonds is 4. The van der Waals surface area contributed by atoms with Gasteiger partial charge >= 0.3 is 5.97 Å². The van der Waals surface area contributed by atoms with Crippen LogP contribution in [0.2, 0.25) is 0 Å². The van der Waals surface area contributed by atoms with E-state index in [9.17, 15) is 14.7 Å². The predicted octanol–water partition coefficient (Wildman–Crippen LogP) is 0.976. The molecule has 0 saturated heterocycles. The van der Waals surface area contributed by atoms with Crippen LogP contribution in [0, 0.1) is 0 Å². The molecule has 0 spiro atoms. The molecule has 0 saturated carbocycles. The van der Waals surface area contributed by atoms with Crippen LogP contribution in [-0.4, -0.2) is 26.8 Å². The van der Waals surface area contributed by atoms with Crippen LogP contribution < -0.4 is 5.32 Å². The van der Waals surface area contributed by atoms with Crippen molar-refractivity contribution in [3.63, 3.8) is 0 Å². The average Bonchev–Trinajstić information content (AvgIpc) is 2.83. The zero-order valence-corrected chi connectivity index (χ0v) is 10.3. The van der Waals surface area contributed by atoms with Gasteiger partial charge in [-0.05, 0) is 5.56 Å². The van der Waals surface area contributed by atoms with E-state index in [0.29, 0.717) is 11.1 Å². The van der Waals surface area contributed by atoms with Gasteiger partial charge in [0.2, 0.25) is 0 Å². The van der Waals surface area contributed by atoms with Crippen molar-refractivity contribution in [3.8, 4) is 0 Å². The third-order valence-electron chi connectivity index (χ3n) is 2.62. The second-order valence-corrected chi connectivity index (χ2v) is 4.06. The minimum absolute atomic E-state index is 0.324. The molecule has 1 aromatic heterocycles. The number of nitrogens with one attached hydrogen (secondary N) is 1. The van der Waals surface area contributed by atoms with Crippen LogP contribution in [-0.2, 0) is 11.8 Å². The average molecular weight is 259 g/mol. The fraction of sp³-hybridized carbons (Fsp3) is 0.154. The smallest absolute Gasteiger partial charge is 0.330 e.